The molecular formula is C14H22N2O3. The summed E-state index contributed by atoms with van der Waals surface area (Å²) in [6, 6.07) is 3.76. The first-order chi connectivity index (χ1) is 8.99. The van der Waals surface area contributed by atoms with Crippen molar-refractivity contribution >= 4 is 5.97 Å². The van der Waals surface area contributed by atoms with E-state index in [4.69, 9.17) is 9.47 Å². The van der Waals surface area contributed by atoms with Gasteiger partial charge < -0.3 is 14.8 Å². The van der Waals surface area contributed by atoms with Crippen molar-refractivity contribution in [2.75, 3.05) is 20.3 Å². The fourth-order valence-electron chi connectivity index (χ4n) is 1.45. The third kappa shape index (κ3) is 4.87. The number of ether oxygens (including phenoxy) is 2. The predicted octanol–water partition coefficient (Wildman–Crippen LogP) is 1.77. The van der Waals surface area contributed by atoms with Crippen LogP contribution in [0.4, 0.5) is 0 Å². The average Bonchev–Trinajstić information content (AvgIpc) is 2.43. The van der Waals surface area contributed by atoms with Crippen molar-refractivity contribution in [2.24, 2.45) is 5.41 Å². The van der Waals surface area contributed by atoms with Crippen LogP contribution in [0.25, 0.3) is 0 Å². The summed E-state index contributed by atoms with van der Waals surface area (Å²) in [4.78, 5) is 15.8. The predicted molar refractivity (Wildman–Crippen MR) is 72.9 cm³/mol. The molecular weight excluding hydrogens is 244 g/mol. The molecule has 0 aromatic carbocycles. The molecule has 19 heavy (non-hydrogen) atoms. The van der Waals surface area contributed by atoms with Crippen LogP contribution in [0, 0.1) is 5.41 Å². The van der Waals surface area contributed by atoms with E-state index < -0.39 is 5.41 Å². The Hall–Kier alpha value is -1.62. The molecule has 5 heteroatoms. The van der Waals surface area contributed by atoms with E-state index >= 15 is 0 Å². The first-order valence-electron chi connectivity index (χ1n) is 6.36. The van der Waals surface area contributed by atoms with Crippen molar-refractivity contribution in [3.63, 3.8) is 0 Å². The maximum absolute atomic E-state index is 11.5. The summed E-state index contributed by atoms with van der Waals surface area (Å²) in [5.41, 5.74) is 0.290. The molecule has 1 N–H and O–H groups in total. The minimum Gasteiger partial charge on any atom is -0.491 e. The van der Waals surface area contributed by atoms with Crippen molar-refractivity contribution in [3.05, 3.63) is 24.0 Å². The molecule has 1 aromatic heterocycles. The van der Waals surface area contributed by atoms with Crippen LogP contribution in [0.2, 0.25) is 0 Å². The van der Waals surface area contributed by atoms with Crippen molar-refractivity contribution < 1.29 is 14.3 Å². The number of hydrogen-bond acceptors (Lipinski definition) is 5. The Morgan fingerprint density at radius 3 is 2.68 bits per heavy atom. The van der Waals surface area contributed by atoms with Gasteiger partial charge in [-0.25, -0.2) is 0 Å². The smallest absolute Gasteiger partial charge is 0.314 e. The SMILES string of the molecule is CCNCc1ccc(OCC(C)(C)C(=O)OC)cn1. The first-order valence-corrected chi connectivity index (χ1v) is 6.36. The van der Waals surface area contributed by atoms with Gasteiger partial charge in [0.25, 0.3) is 0 Å². The first kappa shape index (κ1) is 15.4. The van der Waals surface area contributed by atoms with Crippen molar-refractivity contribution in [2.45, 2.75) is 27.3 Å². The van der Waals surface area contributed by atoms with E-state index in [1.165, 1.54) is 7.11 Å². The van der Waals surface area contributed by atoms with Crippen molar-refractivity contribution in [1.29, 1.82) is 0 Å². The topological polar surface area (TPSA) is 60.5 Å². The Kier molecular flexibility index (Phi) is 5.76. The average molecular weight is 266 g/mol. The van der Waals surface area contributed by atoms with Crippen LogP contribution in [-0.4, -0.2) is 31.2 Å². The molecule has 5 nitrogen and oxygen atoms in total. The van der Waals surface area contributed by atoms with Gasteiger partial charge in [-0.2, -0.15) is 0 Å². The number of carbonyl (C=O) groups excluding carboxylic acids is 1. The van der Waals surface area contributed by atoms with Crippen LogP contribution in [0.3, 0.4) is 0 Å². The highest BCUT2D eigenvalue weighted by molar-refractivity contribution is 5.75. The van der Waals surface area contributed by atoms with Gasteiger partial charge in [-0.1, -0.05) is 6.92 Å². The molecule has 0 saturated heterocycles. The minimum absolute atomic E-state index is 0.258. The molecule has 0 spiro atoms. The fraction of sp³-hybridized carbons (Fsp3) is 0.571. The number of carbonyl (C=O) groups is 1. The Morgan fingerprint density at radius 1 is 1.42 bits per heavy atom. The molecule has 0 radical (unpaired) electrons. The lowest BCUT2D eigenvalue weighted by Gasteiger charge is -2.21. The third-order valence-electron chi connectivity index (χ3n) is 2.69. The molecule has 1 heterocycles. The second kappa shape index (κ2) is 7.09. The summed E-state index contributed by atoms with van der Waals surface area (Å²) in [7, 11) is 1.38. The van der Waals surface area contributed by atoms with E-state index in [1.807, 2.05) is 19.1 Å². The Bertz CT molecular complexity index is 402. The second-order valence-electron chi connectivity index (χ2n) is 4.93. The lowest BCUT2D eigenvalue weighted by molar-refractivity contribution is -0.152. The molecule has 1 aromatic rings. The normalized spacial score (nSPS) is 11.2. The van der Waals surface area contributed by atoms with E-state index in [2.05, 4.69) is 10.3 Å². The molecule has 106 valence electrons. The highest BCUT2D eigenvalue weighted by Crippen LogP contribution is 2.19. The number of nitrogens with one attached hydrogen (secondary N) is 1. The Morgan fingerprint density at radius 2 is 2.16 bits per heavy atom. The molecule has 0 fully saturated rings. The van der Waals surface area contributed by atoms with Gasteiger partial charge in [0, 0.05) is 6.54 Å². The Balaban J connectivity index is 2.52. The molecule has 0 aliphatic heterocycles. The number of aromatic nitrogens is 1. The molecule has 1 rings (SSSR count). The van der Waals surface area contributed by atoms with Crippen LogP contribution in [0.5, 0.6) is 5.75 Å². The molecule has 0 aliphatic rings. The number of methoxy groups -OCH3 is 1. The van der Waals surface area contributed by atoms with Crippen molar-refractivity contribution in [1.82, 2.24) is 10.3 Å². The van der Waals surface area contributed by atoms with E-state index in [0.717, 1.165) is 18.8 Å². The summed E-state index contributed by atoms with van der Waals surface area (Å²) < 4.78 is 10.3. The van der Waals surface area contributed by atoms with E-state index in [-0.39, 0.29) is 12.6 Å². The van der Waals surface area contributed by atoms with E-state index in [9.17, 15) is 4.79 Å². The second-order valence-corrected chi connectivity index (χ2v) is 4.93. The van der Waals surface area contributed by atoms with E-state index in [1.54, 1.807) is 20.0 Å². The van der Waals surface area contributed by atoms with Gasteiger partial charge in [0.2, 0.25) is 0 Å². The lowest BCUT2D eigenvalue weighted by Crippen LogP contribution is -2.32. The molecule has 0 amide bonds. The number of pyridine rings is 1. The number of rotatable bonds is 7. The lowest BCUT2D eigenvalue weighted by atomic mass is 9.95. The van der Waals surface area contributed by atoms with Crippen LogP contribution in [0.15, 0.2) is 18.3 Å². The fourth-order valence-corrected chi connectivity index (χ4v) is 1.45. The zero-order chi connectivity index (χ0) is 14.3. The highest BCUT2D eigenvalue weighted by atomic mass is 16.5. The summed E-state index contributed by atoms with van der Waals surface area (Å²) in [6.45, 7) is 7.52. The van der Waals surface area contributed by atoms with Gasteiger partial charge in [0.1, 0.15) is 12.4 Å². The Labute approximate surface area is 114 Å². The zero-order valence-corrected chi connectivity index (χ0v) is 12.0. The minimum atomic E-state index is -0.669. The summed E-state index contributed by atoms with van der Waals surface area (Å²) >= 11 is 0. The van der Waals surface area contributed by atoms with Gasteiger partial charge in [-0.3, -0.25) is 9.78 Å². The summed E-state index contributed by atoms with van der Waals surface area (Å²) in [5, 5.41) is 3.20. The van der Waals surface area contributed by atoms with E-state index in [0.29, 0.717) is 5.75 Å². The largest absolute Gasteiger partial charge is 0.491 e. The molecule has 0 aliphatic carbocycles. The highest BCUT2D eigenvalue weighted by Gasteiger charge is 2.29. The summed E-state index contributed by atoms with van der Waals surface area (Å²) in [5.74, 6) is 0.362. The number of nitrogens with zero attached hydrogens (tertiary/aromatic N) is 1. The van der Waals surface area contributed by atoms with Gasteiger partial charge >= 0.3 is 5.97 Å². The van der Waals surface area contributed by atoms with Gasteiger partial charge in [0.15, 0.2) is 0 Å². The maximum Gasteiger partial charge on any atom is 0.314 e. The van der Waals surface area contributed by atoms with Crippen LogP contribution < -0.4 is 10.1 Å². The molecule has 0 bridgehead atoms. The van der Waals surface area contributed by atoms with Gasteiger partial charge in [-0.15, -0.1) is 0 Å². The standard InChI is InChI=1S/C14H22N2O3/c1-5-15-8-11-6-7-12(9-16-11)19-10-14(2,3)13(17)18-4/h6-7,9,15H,5,8,10H2,1-4H3. The maximum atomic E-state index is 11.5. The number of hydrogen-bond donors (Lipinski definition) is 1. The van der Waals surface area contributed by atoms with Crippen LogP contribution in [-0.2, 0) is 16.1 Å². The molecule has 0 saturated carbocycles. The number of esters is 1. The molecule has 0 unspecified atom stereocenters. The summed E-state index contributed by atoms with van der Waals surface area (Å²) in [6.07, 6.45) is 1.67. The monoisotopic (exact) mass is 266 g/mol. The third-order valence-corrected chi connectivity index (χ3v) is 2.69. The molecule has 0 atom stereocenters. The zero-order valence-electron chi connectivity index (χ0n) is 12.0. The van der Waals surface area contributed by atoms with Crippen LogP contribution in [0.1, 0.15) is 26.5 Å². The van der Waals surface area contributed by atoms with Gasteiger partial charge in [-0.05, 0) is 32.5 Å². The van der Waals surface area contributed by atoms with Gasteiger partial charge in [0.05, 0.1) is 24.4 Å². The van der Waals surface area contributed by atoms with Crippen LogP contribution >= 0.6 is 0 Å². The van der Waals surface area contributed by atoms with Crippen molar-refractivity contribution in [3.8, 4) is 5.75 Å². The quantitative estimate of drug-likeness (QED) is 0.762.